The van der Waals surface area contributed by atoms with Crippen LogP contribution in [0, 0.1) is 6.92 Å². The lowest BCUT2D eigenvalue weighted by atomic mass is 10.5. The summed E-state index contributed by atoms with van der Waals surface area (Å²) < 4.78 is 1.13. The quantitative estimate of drug-likeness (QED) is 0.756. The Morgan fingerprint density at radius 3 is 2.67 bits per heavy atom. The highest BCUT2D eigenvalue weighted by Gasteiger charge is 2.04. The maximum absolute atomic E-state index is 4.40. The van der Waals surface area contributed by atoms with Gasteiger partial charge in [0.1, 0.15) is 5.01 Å². The third-order valence-corrected chi connectivity index (χ3v) is 4.22. The summed E-state index contributed by atoms with van der Waals surface area (Å²) in [5.41, 5.74) is 1.10. The molecule has 2 aromatic rings. The molecule has 2 heterocycles. The minimum absolute atomic E-state index is 1.10. The van der Waals surface area contributed by atoms with Gasteiger partial charge in [0.25, 0.3) is 0 Å². The van der Waals surface area contributed by atoms with Gasteiger partial charge < -0.3 is 0 Å². The van der Waals surface area contributed by atoms with Crippen molar-refractivity contribution in [2.75, 3.05) is 0 Å². The number of thiophene rings is 1. The van der Waals surface area contributed by atoms with E-state index in [1.54, 1.807) is 22.7 Å². The summed E-state index contributed by atoms with van der Waals surface area (Å²) in [6.45, 7) is 2.02. The van der Waals surface area contributed by atoms with Gasteiger partial charge in [-0.3, -0.25) is 0 Å². The Kier molecular flexibility index (Phi) is 2.30. The normalized spacial score (nSPS) is 10.5. The van der Waals surface area contributed by atoms with E-state index < -0.39 is 0 Å². The van der Waals surface area contributed by atoms with Crippen LogP contribution in [0.15, 0.2) is 21.3 Å². The number of nitrogens with zero attached hydrogens (tertiary/aromatic N) is 1. The average molecular weight is 260 g/mol. The van der Waals surface area contributed by atoms with E-state index in [1.807, 2.05) is 6.92 Å². The Labute approximate surface area is 87.2 Å². The number of hydrogen-bond donors (Lipinski definition) is 0. The topological polar surface area (TPSA) is 12.9 Å². The van der Waals surface area contributed by atoms with Crippen LogP contribution < -0.4 is 0 Å². The Balaban J connectivity index is 2.43. The highest BCUT2D eigenvalue weighted by atomic mass is 79.9. The van der Waals surface area contributed by atoms with Crippen LogP contribution in [0.2, 0.25) is 0 Å². The SMILES string of the molecule is Cc1csc(-c2cc(Br)cs2)n1. The van der Waals surface area contributed by atoms with Crippen LogP contribution in [-0.2, 0) is 0 Å². The monoisotopic (exact) mass is 259 g/mol. The number of hydrogen-bond acceptors (Lipinski definition) is 3. The van der Waals surface area contributed by atoms with Crippen LogP contribution in [0.3, 0.4) is 0 Å². The van der Waals surface area contributed by atoms with E-state index in [0.29, 0.717) is 0 Å². The minimum Gasteiger partial charge on any atom is -0.241 e. The molecule has 4 heteroatoms. The van der Waals surface area contributed by atoms with Crippen molar-refractivity contribution in [3.8, 4) is 9.88 Å². The number of aryl methyl sites for hydroxylation is 1. The second kappa shape index (κ2) is 3.28. The largest absolute Gasteiger partial charge is 0.241 e. The molecule has 0 fully saturated rings. The van der Waals surface area contributed by atoms with E-state index in [2.05, 4.69) is 37.7 Å². The molecule has 62 valence electrons. The van der Waals surface area contributed by atoms with E-state index in [-0.39, 0.29) is 0 Å². The summed E-state index contributed by atoms with van der Waals surface area (Å²) in [6.07, 6.45) is 0. The van der Waals surface area contributed by atoms with E-state index in [4.69, 9.17) is 0 Å². The summed E-state index contributed by atoms with van der Waals surface area (Å²) in [4.78, 5) is 5.64. The summed E-state index contributed by atoms with van der Waals surface area (Å²) in [5, 5.41) is 5.26. The molecule has 0 N–H and O–H groups in total. The predicted molar refractivity (Wildman–Crippen MR) is 57.9 cm³/mol. The summed E-state index contributed by atoms with van der Waals surface area (Å²) in [5.74, 6) is 0. The number of thiazole rings is 1. The van der Waals surface area contributed by atoms with Crippen LogP contribution in [0.5, 0.6) is 0 Å². The van der Waals surface area contributed by atoms with Crippen LogP contribution >= 0.6 is 38.6 Å². The molecule has 2 rings (SSSR count). The Bertz CT molecular complexity index is 353. The molecule has 0 aliphatic carbocycles. The third kappa shape index (κ3) is 1.60. The van der Waals surface area contributed by atoms with Gasteiger partial charge in [-0.2, -0.15) is 0 Å². The van der Waals surface area contributed by atoms with Gasteiger partial charge in [0, 0.05) is 20.9 Å². The molecule has 0 spiro atoms. The molecule has 1 nitrogen and oxygen atoms in total. The van der Waals surface area contributed by atoms with Crippen molar-refractivity contribution in [1.82, 2.24) is 4.98 Å². The molecule has 0 amide bonds. The summed E-state index contributed by atoms with van der Waals surface area (Å²) in [6, 6.07) is 2.10. The van der Waals surface area contributed by atoms with E-state index in [0.717, 1.165) is 15.2 Å². The van der Waals surface area contributed by atoms with Gasteiger partial charge in [0.05, 0.1) is 4.88 Å². The maximum Gasteiger partial charge on any atom is 0.133 e. The van der Waals surface area contributed by atoms with Crippen molar-refractivity contribution in [1.29, 1.82) is 0 Å². The van der Waals surface area contributed by atoms with Gasteiger partial charge in [0.2, 0.25) is 0 Å². The number of halogens is 1. The molecular formula is C8H6BrNS2. The summed E-state index contributed by atoms with van der Waals surface area (Å²) >= 11 is 6.83. The fourth-order valence-corrected chi connectivity index (χ4v) is 3.20. The van der Waals surface area contributed by atoms with E-state index in [1.165, 1.54) is 4.88 Å². The van der Waals surface area contributed by atoms with Crippen molar-refractivity contribution in [3.63, 3.8) is 0 Å². The van der Waals surface area contributed by atoms with Crippen molar-refractivity contribution in [2.45, 2.75) is 6.92 Å². The predicted octanol–water partition coefficient (Wildman–Crippen LogP) is 3.94. The zero-order valence-corrected chi connectivity index (χ0v) is 9.59. The molecule has 0 atom stereocenters. The van der Waals surface area contributed by atoms with E-state index in [9.17, 15) is 0 Å². The van der Waals surface area contributed by atoms with Crippen LogP contribution in [0.4, 0.5) is 0 Å². The lowest BCUT2D eigenvalue weighted by Gasteiger charge is -1.85. The Hall–Kier alpha value is -0.190. The molecule has 0 saturated carbocycles. The highest BCUT2D eigenvalue weighted by molar-refractivity contribution is 9.10. The lowest BCUT2D eigenvalue weighted by Crippen LogP contribution is -1.70. The fraction of sp³-hybridized carbons (Fsp3) is 0.125. The Morgan fingerprint density at radius 1 is 1.33 bits per heavy atom. The smallest absolute Gasteiger partial charge is 0.133 e. The molecule has 0 aliphatic rings. The van der Waals surface area contributed by atoms with Crippen LogP contribution in [0.1, 0.15) is 5.69 Å². The second-order valence-electron chi connectivity index (χ2n) is 2.42. The van der Waals surface area contributed by atoms with Gasteiger partial charge >= 0.3 is 0 Å². The van der Waals surface area contributed by atoms with Crippen LogP contribution in [-0.4, -0.2) is 4.98 Å². The van der Waals surface area contributed by atoms with E-state index >= 15 is 0 Å². The Morgan fingerprint density at radius 2 is 2.17 bits per heavy atom. The molecule has 0 aliphatic heterocycles. The molecule has 0 bridgehead atoms. The van der Waals surface area contributed by atoms with Crippen molar-refractivity contribution < 1.29 is 0 Å². The molecule has 0 radical (unpaired) electrons. The summed E-state index contributed by atoms with van der Waals surface area (Å²) in [7, 11) is 0. The average Bonchev–Trinajstić information content (AvgIpc) is 2.58. The molecule has 2 aromatic heterocycles. The zero-order chi connectivity index (χ0) is 8.55. The molecule has 12 heavy (non-hydrogen) atoms. The van der Waals surface area contributed by atoms with Gasteiger partial charge in [-0.15, -0.1) is 22.7 Å². The van der Waals surface area contributed by atoms with Gasteiger partial charge in [-0.25, -0.2) is 4.98 Å². The molecule has 0 aromatic carbocycles. The zero-order valence-electron chi connectivity index (χ0n) is 6.37. The van der Waals surface area contributed by atoms with Gasteiger partial charge in [0.15, 0.2) is 0 Å². The molecule has 0 saturated heterocycles. The third-order valence-electron chi connectivity index (χ3n) is 1.40. The number of aromatic nitrogens is 1. The van der Waals surface area contributed by atoms with Crippen LogP contribution in [0.25, 0.3) is 9.88 Å². The highest BCUT2D eigenvalue weighted by Crippen LogP contribution is 2.31. The second-order valence-corrected chi connectivity index (χ2v) is 5.11. The maximum atomic E-state index is 4.40. The fourth-order valence-electron chi connectivity index (χ4n) is 0.892. The molecule has 0 unspecified atom stereocenters. The standard InChI is InChI=1S/C8H6BrNS2/c1-5-3-12-8(10-5)7-2-6(9)4-11-7/h2-4H,1H3. The van der Waals surface area contributed by atoms with Gasteiger partial charge in [-0.05, 0) is 28.9 Å². The first kappa shape index (κ1) is 8.41. The van der Waals surface area contributed by atoms with Crippen molar-refractivity contribution >= 4 is 38.6 Å². The number of rotatable bonds is 1. The van der Waals surface area contributed by atoms with Crippen molar-refractivity contribution in [3.05, 3.63) is 27.0 Å². The first-order chi connectivity index (χ1) is 5.75. The minimum atomic E-state index is 1.10. The first-order valence-electron chi connectivity index (χ1n) is 3.42. The first-order valence-corrected chi connectivity index (χ1v) is 5.97. The van der Waals surface area contributed by atoms with Gasteiger partial charge in [-0.1, -0.05) is 0 Å². The molecular weight excluding hydrogens is 254 g/mol. The van der Waals surface area contributed by atoms with Crippen molar-refractivity contribution in [2.24, 2.45) is 0 Å². The lowest BCUT2D eigenvalue weighted by molar-refractivity contribution is 1.27.